The third kappa shape index (κ3) is 9.92. The van der Waals surface area contributed by atoms with Crippen molar-refractivity contribution in [3.63, 3.8) is 0 Å². The Labute approximate surface area is 365 Å². The summed E-state index contributed by atoms with van der Waals surface area (Å²) in [5, 5.41) is 3.86. The zero-order chi connectivity index (χ0) is 43.2. The highest BCUT2D eigenvalue weighted by molar-refractivity contribution is 7.99. The maximum atomic E-state index is 6.88. The van der Waals surface area contributed by atoms with Gasteiger partial charge in [0.05, 0.1) is 9.79 Å². The summed E-state index contributed by atoms with van der Waals surface area (Å²) in [7, 11) is -3.79. The first kappa shape index (κ1) is 42.7. The molecule has 2 heterocycles. The van der Waals surface area contributed by atoms with E-state index >= 15 is 0 Å². The molecule has 0 spiro atoms. The molecule has 2 aromatic heterocycles. The third-order valence-electron chi connectivity index (χ3n) is 10.8. The second kappa shape index (κ2) is 16.7. The summed E-state index contributed by atoms with van der Waals surface area (Å²) >= 11 is 1.62. The normalized spacial score (nSPS) is 12.6. The maximum Gasteiger partial charge on any atom is 0.453 e. The van der Waals surface area contributed by atoms with Gasteiger partial charge in [-0.05, 0) is 94.2 Å². The first-order valence-corrected chi connectivity index (χ1v) is 23.9. The fourth-order valence-electron chi connectivity index (χ4n) is 8.81. The van der Waals surface area contributed by atoms with Gasteiger partial charge in [-0.15, -0.1) is 0 Å². The van der Waals surface area contributed by atoms with Gasteiger partial charge >= 0.3 is 16.5 Å². The van der Waals surface area contributed by atoms with E-state index in [1.54, 1.807) is 11.8 Å². The van der Waals surface area contributed by atoms with Crippen LogP contribution in [0.4, 0.5) is 0 Å². The number of hydrogen-bond donors (Lipinski definition) is 0. The van der Waals surface area contributed by atoms with Gasteiger partial charge in [-0.1, -0.05) is 166 Å². The minimum Gasteiger partial charge on any atom is -0.390 e. The Balaban J connectivity index is 1.30. The molecule has 0 aliphatic carbocycles. The number of benzene rings is 6. The molecule has 316 valence electrons. The van der Waals surface area contributed by atoms with Gasteiger partial charge in [-0.2, -0.15) is 0 Å². The van der Waals surface area contributed by atoms with Gasteiger partial charge in [0.2, 0.25) is 0 Å². The predicted molar refractivity (Wildman–Crippen MR) is 256 cm³/mol. The molecule has 6 aromatic carbocycles. The Kier molecular flexibility index (Phi) is 11.7. The molecule has 8 rings (SSSR count). The molecule has 0 N–H and O–H groups in total. The minimum absolute atomic E-state index is 0.115. The average Bonchev–Trinajstić information content (AvgIpc) is 3.44. The van der Waals surface area contributed by atoms with E-state index < -0.39 is 16.5 Å². The van der Waals surface area contributed by atoms with E-state index in [4.69, 9.17) is 25.8 Å². The molecular formula is C52H56O6P2S. The van der Waals surface area contributed by atoms with Crippen LogP contribution in [0.3, 0.4) is 0 Å². The molecule has 0 aliphatic heterocycles. The molecule has 0 aliphatic rings. The lowest BCUT2D eigenvalue weighted by Gasteiger charge is -2.33. The van der Waals surface area contributed by atoms with Crippen LogP contribution in [0.5, 0.6) is 11.5 Å². The smallest absolute Gasteiger partial charge is 0.390 e. The van der Waals surface area contributed by atoms with Crippen LogP contribution in [0.2, 0.25) is 0 Å². The summed E-state index contributed by atoms with van der Waals surface area (Å²) in [6.07, 6.45) is 1.98. The highest BCUT2D eigenvalue weighted by Crippen LogP contribution is 2.50. The molecule has 0 saturated heterocycles. The summed E-state index contributed by atoms with van der Waals surface area (Å²) in [6, 6.07) is 45.1. The lowest BCUT2D eigenvalue weighted by molar-refractivity contribution is 0.283. The topological polar surface area (TPSA) is 71.0 Å². The second-order valence-electron chi connectivity index (χ2n) is 19.6. The molecule has 9 heteroatoms. The predicted octanol–water partition coefficient (Wildman–Crippen LogP) is 18.2. The Morgan fingerprint density at radius 1 is 0.410 bits per heavy atom. The van der Waals surface area contributed by atoms with Crippen LogP contribution >= 0.6 is 28.2 Å². The second-order valence-corrected chi connectivity index (χ2v) is 22.7. The van der Waals surface area contributed by atoms with Crippen LogP contribution in [0.25, 0.3) is 43.9 Å². The quantitative estimate of drug-likeness (QED) is 0.136. The van der Waals surface area contributed by atoms with Gasteiger partial charge in [-0.3, -0.25) is 0 Å². The zero-order valence-electron chi connectivity index (χ0n) is 36.9. The molecule has 0 saturated carbocycles. The monoisotopic (exact) mass is 870 g/mol. The van der Waals surface area contributed by atoms with Crippen LogP contribution < -0.4 is 9.05 Å². The van der Waals surface area contributed by atoms with Crippen LogP contribution in [0.15, 0.2) is 160 Å². The fourth-order valence-corrected chi connectivity index (χ4v) is 12.1. The van der Waals surface area contributed by atoms with Gasteiger partial charge in [0.1, 0.15) is 22.3 Å². The summed E-state index contributed by atoms with van der Waals surface area (Å²) in [4.78, 5) is 1.84. The lowest BCUT2D eigenvalue weighted by Crippen LogP contribution is -2.25. The van der Waals surface area contributed by atoms with E-state index in [1.807, 2.05) is 72.8 Å². The first-order valence-electron chi connectivity index (χ1n) is 20.9. The molecule has 0 atom stereocenters. The van der Waals surface area contributed by atoms with Crippen molar-refractivity contribution in [3.05, 3.63) is 145 Å². The SMILES string of the molecule is CC(C)(C)CC(C)(C)c1ccc(Op2oc3ccccc3c3ccccc3o2)c(Sc2cc(C(C)(C)CC(C)(C)C)ccc2Op2oc3ccccc3c3ccccc3o2)c1. The van der Waals surface area contributed by atoms with E-state index in [1.165, 1.54) is 11.1 Å². The van der Waals surface area contributed by atoms with Gasteiger partial charge in [-0.25, -0.2) is 0 Å². The van der Waals surface area contributed by atoms with E-state index in [-0.39, 0.29) is 21.7 Å². The lowest BCUT2D eigenvalue weighted by atomic mass is 9.72. The van der Waals surface area contributed by atoms with Crippen molar-refractivity contribution in [2.24, 2.45) is 10.8 Å². The summed E-state index contributed by atoms with van der Waals surface area (Å²) < 4.78 is 40.1. The number of para-hydroxylation sites is 4. The molecule has 61 heavy (non-hydrogen) atoms. The summed E-state index contributed by atoms with van der Waals surface area (Å²) in [5.41, 5.74) is 5.25. The maximum absolute atomic E-state index is 6.88. The van der Waals surface area contributed by atoms with E-state index in [0.717, 1.165) is 44.2 Å². The van der Waals surface area contributed by atoms with E-state index in [2.05, 4.69) is 130 Å². The van der Waals surface area contributed by atoms with Crippen molar-refractivity contribution in [2.45, 2.75) is 103 Å². The summed E-state index contributed by atoms with van der Waals surface area (Å²) in [6.45, 7) is 23.1. The number of fused-ring (bicyclic) bond motifs is 6. The molecule has 0 amide bonds. The number of rotatable bonds is 10. The third-order valence-corrected chi connectivity index (χ3v) is 13.9. The molecule has 0 unspecified atom stereocenters. The first-order chi connectivity index (χ1) is 28.9. The Hall–Kier alpha value is -4.93. The van der Waals surface area contributed by atoms with Crippen LogP contribution in [0, 0.1) is 10.8 Å². The molecule has 0 bridgehead atoms. The van der Waals surface area contributed by atoms with Crippen molar-refractivity contribution >= 4 is 72.1 Å². The Morgan fingerprint density at radius 2 is 0.705 bits per heavy atom. The fraction of sp³-hybridized carbons (Fsp3) is 0.308. The van der Waals surface area contributed by atoms with E-state index in [9.17, 15) is 0 Å². The molecule has 0 fully saturated rings. The van der Waals surface area contributed by atoms with Crippen molar-refractivity contribution in [2.75, 3.05) is 0 Å². The Bertz CT molecular complexity index is 2630. The van der Waals surface area contributed by atoms with Crippen molar-refractivity contribution in [1.29, 1.82) is 0 Å². The largest absolute Gasteiger partial charge is 0.453 e. The van der Waals surface area contributed by atoms with Crippen LogP contribution in [0.1, 0.15) is 93.2 Å². The standard InChI is InChI=1S/C52H56O6P2S/c1-49(2,3)33-51(7,8)35-27-29-45(57-59-53-41-23-15-11-19-37(41)38-20-12-16-24-42(38)54-59)47(31-35)61-48-32-36(52(9,10)34-50(4,5)6)28-30-46(48)58-60-55-43-25-17-13-21-39(43)40-22-14-18-26-44(40)56-60/h11-32H,33-34H2,1-10H3. The van der Waals surface area contributed by atoms with Gasteiger partial charge in [0, 0.05) is 21.5 Å². The van der Waals surface area contributed by atoms with E-state index in [0.29, 0.717) is 33.8 Å². The highest BCUT2D eigenvalue weighted by Gasteiger charge is 2.31. The van der Waals surface area contributed by atoms with Crippen molar-refractivity contribution < 1.29 is 25.8 Å². The highest BCUT2D eigenvalue weighted by atomic mass is 32.2. The van der Waals surface area contributed by atoms with Gasteiger partial charge < -0.3 is 25.8 Å². The molecule has 6 nitrogen and oxygen atoms in total. The molecule has 8 aromatic rings. The van der Waals surface area contributed by atoms with Gasteiger partial charge in [0.25, 0.3) is 0 Å². The van der Waals surface area contributed by atoms with Crippen molar-refractivity contribution in [3.8, 4) is 11.5 Å². The number of hydrogen-bond acceptors (Lipinski definition) is 7. The minimum atomic E-state index is -1.89. The van der Waals surface area contributed by atoms with Gasteiger partial charge in [0.15, 0.2) is 11.5 Å². The molecule has 0 radical (unpaired) electrons. The Morgan fingerprint density at radius 3 is 1.00 bits per heavy atom. The zero-order valence-corrected chi connectivity index (χ0v) is 39.5. The van der Waals surface area contributed by atoms with Crippen LogP contribution in [-0.2, 0) is 10.8 Å². The van der Waals surface area contributed by atoms with Crippen LogP contribution in [-0.4, -0.2) is 0 Å². The average molecular weight is 871 g/mol. The van der Waals surface area contributed by atoms with Crippen molar-refractivity contribution in [1.82, 2.24) is 0 Å². The molecular weight excluding hydrogens is 815 g/mol. The summed E-state index contributed by atoms with van der Waals surface area (Å²) in [5.74, 6) is 1.31.